The number of amides is 1. The van der Waals surface area contributed by atoms with Crippen molar-refractivity contribution < 1.29 is 14.5 Å². The Kier molecular flexibility index (Phi) is 7.25. The molecule has 6 nitrogen and oxygen atoms in total. The molecule has 0 radical (unpaired) electrons. The van der Waals surface area contributed by atoms with Gasteiger partial charge in [0, 0.05) is 18.2 Å². The third-order valence-corrected chi connectivity index (χ3v) is 5.35. The third kappa shape index (κ3) is 5.71. The van der Waals surface area contributed by atoms with E-state index in [0.29, 0.717) is 16.4 Å². The molecule has 1 aromatic rings. The van der Waals surface area contributed by atoms with E-state index in [2.05, 4.69) is 19.2 Å². The highest BCUT2D eigenvalue weighted by molar-refractivity contribution is 7.99. The lowest BCUT2D eigenvalue weighted by Gasteiger charge is -2.20. The lowest BCUT2D eigenvalue weighted by molar-refractivity contribution is -0.387. The second kappa shape index (κ2) is 9.20. The number of hydrogen-bond donors (Lipinski definition) is 1. The van der Waals surface area contributed by atoms with E-state index in [0.717, 1.165) is 31.6 Å². The summed E-state index contributed by atoms with van der Waals surface area (Å²) in [7, 11) is 0. The second-order valence-electron chi connectivity index (χ2n) is 6.78. The van der Waals surface area contributed by atoms with Crippen molar-refractivity contribution in [1.82, 2.24) is 5.32 Å². The van der Waals surface area contributed by atoms with Gasteiger partial charge in [0.05, 0.1) is 22.0 Å². The average Bonchev–Trinajstić information content (AvgIpc) is 3.09. The summed E-state index contributed by atoms with van der Waals surface area (Å²) in [6.07, 6.45) is 2.93. The Labute approximate surface area is 152 Å². The number of benzene rings is 1. The van der Waals surface area contributed by atoms with Crippen LogP contribution in [0.5, 0.6) is 0 Å². The van der Waals surface area contributed by atoms with Crippen molar-refractivity contribution in [2.45, 2.75) is 57.1 Å². The van der Waals surface area contributed by atoms with Gasteiger partial charge in [-0.2, -0.15) is 0 Å². The van der Waals surface area contributed by atoms with E-state index in [-0.39, 0.29) is 23.7 Å². The Hall–Kier alpha value is -1.60. The molecule has 2 atom stereocenters. The van der Waals surface area contributed by atoms with Gasteiger partial charge < -0.3 is 10.1 Å². The fraction of sp³-hybridized carbons (Fsp3) is 0.611. The minimum atomic E-state index is -0.419. The third-order valence-electron chi connectivity index (χ3n) is 4.25. The van der Waals surface area contributed by atoms with E-state index in [1.165, 1.54) is 17.8 Å². The second-order valence-corrected chi connectivity index (χ2v) is 7.92. The molecular weight excluding hydrogens is 340 g/mol. The number of ether oxygens (including phenoxy) is 1. The summed E-state index contributed by atoms with van der Waals surface area (Å²) in [5.41, 5.74) is 0.302. The molecule has 25 heavy (non-hydrogen) atoms. The lowest BCUT2D eigenvalue weighted by Crippen LogP contribution is -2.40. The van der Waals surface area contributed by atoms with Gasteiger partial charge in [-0.05, 0) is 50.0 Å². The summed E-state index contributed by atoms with van der Waals surface area (Å²) in [5, 5.41) is 14.3. The Morgan fingerprint density at radius 1 is 1.44 bits per heavy atom. The number of nitro benzene ring substituents is 1. The number of nitrogens with zero attached hydrogens (tertiary/aromatic N) is 1. The molecule has 1 saturated heterocycles. The maximum absolute atomic E-state index is 12.4. The quantitative estimate of drug-likeness (QED) is 0.427. The molecule has 1 fully saturated rings. The van der Waals surface area contributed by atoms with Crippen molar-refractivity contribution in [3.8, 4) is 0 Å². The van der Waals surface area contributed by atoms with Gasteiger partial charge >= 0.3 is 0 Å². The number of hydrogen-bond acceptors (Lipinski definition) is 5. The molecule has 0 aromatic heterocycles. The van der Waals surface area contributed by atoms with E-state index in [4.69, 9.17) is 4.74 Å². The molecule has 0 spiro atoms. The van der Waals surface area contributed by atoms with Crippen molar-refractivity contribution in [2.75, 3.05) is 12.4 Å². The molecule has 0 saturated carbocycles. The first kappa shape index (κ1) is 19.7. The van der Waals surface area contributed by atoms with Crippen LogP contribution >= 0.6 is 11.8 Å². The van der Waals surface area contributed by atoms with Crippen LogP contribution in [-0.4, -0.2) is 35.3 Å². The van der Waals surface area contributed by atoms with Crippen LogP contribution in [0.15, 0.2) is 23.1 Å². The van der Waals surface area contributed by atoms with Crippen LogP contribution in [0.25, 0.3) is 0 Å². The molecular formula is C18H26N2O4S. The standard InChI is InChI=1S/C18H26N2O4S/c1-12(2)8-10-25-17-7-6-14(11-15(17)20(22)23)18(21)19-13(3)16-5-4-9-24-16/h6-7,11-13,16H,4-5,8-10H2,1-3H3,(H,19,21). The number of carbonyl (C=O) groups is 1. The van der Waals surface area contributed by atoms with Gasteiger partial charge in [-0.1, -0.05) is 13.8 Å². The normalized spacial score (nSPS) is 18.3. The molecule has 0 aliphatic carbocycles. The summed E-state index contributed by atoms with van der Waals surface area (Å²) < 4.78 is 5.57. The summed E-state index contributed by atoms with van der Waals surface area (Å²) in [6.45, 7) is 6.87. The SMILES string of the molecule is CC(C)CCSc1ccc(C(=O)NC(C)C2CCCO2)cc1[N+](=O)[O-]. The van der Waals surface area contributed by atoms with Crippen molar-refractivity contribution in [2.24, 2.45) is 5.92 Å². The Bertz CT molecular complexity index is 615. The van der Waals surface area contributed by atoms with Gasteiger partial charge in [0.25, 0.3) is 11.6 Å². The molecule has 1 aliphatic rings. The largest absolute Gasteiger partial charge is 0.376 e. The van der Waals surface area contributed by atoms with Gasteiger partial charge in [-0.15, -0.1) is 11.8 Å². The molecule has 2 rings (SSSR count). The zero-order valence-electron chi connectivity index (χ0n) is 15.0. The highest BCUT2D eigenvalue weighted by Gasteiger charge is 2.25. The lowest BCUT2D eigenvalue weighted by atomic mass is 10.1. The van der Waals surface area contributed by atoms with Crippen LogP contribution in [0, 0.1) is 16.0 Å². The summed E-state index contributed by atoms with van der Waals surface area (Å²) >= 11 is 1.47. The minimum Gasteiger partial charge on any atom is -0.376 e. The molecule has 1 N–H and O–H groups in total. The summed E-state index contributed by atoms with van der Waals surface area (Å²) in [5.74, 6) is 1.07. The van der Waals surface area contributed by atoms with Crippen LogP contribution in [0.2, 0.25) is 0 Å². The van der Waals surface area contributed by atoms with E-state index in [9.17, 15) is 14.9 Å². The van der Waals surface area contributed by atoms with Crippen LogP contribution in [0.3, 0.4) is 0 Å². The fourth-order valence-corrected chi connectivity index (χ4v) is 3.96. The van der Waals surface area contributed by atoms with Crippen LogP contribution < -0.4 is 5.32 Å². The van der Waals surface area contributed by atoms with E-state index in [1.54, 1.807) is 12.1 Å². The molecule has 0 bridgehead atoms. The first-order chi connectivity index (χ1) is 11.9. The molecule has 2 unspecified atom stereocenters. The fourth-order valence-electron chi connectivity index (χ4n) is 2.71. The maximum atomic E-state index is 12.4. The molecule has 1 heterocycles. The number of rotatable bonds is 8. The van der Waals surface area contributed by atoms with Gasteiger partial charge in [0.1, 0.15) is 0 Å². The predicted molar refractivity (Wildman–Crippen MR) is 99.2 cm³/mol. The summed E-state index contributed by atoms with van der Waals surface area (Å²) in [4.78, 5) is 24.0. The predicted octanol–water partition coefficient (Wildman–Crippen LogP) is 4.03. The molecule has 1 aliphatic heterocycles. The Morgan fingerprint density at radius 3 is 2.80 bits per heavy atom. The van der Waals surface area contributed by atoms with Gasteiger partial charge in [0.2, 0.25) is 0 Å². The number of nitrogens with one attached hydrogen (secondary N) is 1. The maximum Gasteiger partial charge on any atom is 0.283 e. The van der Waals surface area contributed by atoms with E-state index < -0.39 is 4.92 Å². The first-order valence-electron chi connectivity index (χ1n) is 8.72. The zero-order chi connectivity index (χ0) is 18.4. The van der Waals surface area contributed by atoms with Crippen molar-refractivity contribution in [1.29, 1.82) is 0 Å². The Balaban J connectivity index is 2.06. The molecule has 7 heteroatoms. The van der Waals surface area contributed by atoms with E-state index in [1.807, 2.05) is 6.92 Å². The zero-order valence-corrected chi connectivity index (χ0v) is 15.8. The topological polar surface area (TPSA) is 81.5 Å². The monoisotopic (exact) mass is 366 g/mol. The van der Waals surface area contributed by atoms with Crippen LogP contribution in [0.1, 0.15) is 50.4 Å². The molecule has 1 amide bonds. The minimum absolute atomic E-state index is 0.00817. The van der Waals surface area contributed by atoms with Crippen molar-refractivity contribution in [3.63, 3.8) is 0 Å². The van der Waals surface area contributed by atoms with Crippen LogP contribution in [-0.2, 0) is 4.74 Å². The first-order valence-corrected chi connectivity index (χ1v) is 9.70. The smallest absolute Gasteiger partial charge is 0.283 e. The summed E-state index contributed by atoms with van der Waals surface area (Å²) in [6, 6.07) is 4.58. The number of nitro groups is 1. The number of thioether (sulfide) groups is 1. The van der Waals surface area contributed by atoms with Crippen molar-refractivity contribution >= 4 is 23.4 Å². The van der Waals surface area contributed by atoms with Crippen molar-refractivity contribution in [3.05, 3.63) is 33.9 Å². The highest BCUT2D eigenvalue weighted by atomic mass is 32.2. The van der Waals surface area contributed by atoms with E-state index >= 15 is 0 Å². The Morgan fingerprint density at radius 2 is 2.20 bits per heavy atom. The van der Waals surface area contributed by atoms with Gasteiger partial charge in [-0.25, -0.2) is 0 Å². The van der Waals surface area contributed by atoms with Gasteiger partial charge in [0.15, 0.2) is 0 Å². The van der Waals surface area contributed by atoms with Gasteiger partial charge in [-0.3, -0.25) is 14.9 Å². The highest BCUT2D eigenvalue weighted by Crippen LogP contribution is 2.31. The average molecular weight is 366 g/mol. The molecule has 138 valence electrons. The van der Waals surface area contributed by atoms with Crippen LogP contribution in [0.4, 0.5) is 5.69 Å². The molecule has 1 aromatic carbocycles. The number of carbonyl (C=O) groups excluding carboxylic acids is 1.